The van der Waals surface area contributed by atoms with Crippen LogP contribution in [0.3, 0.4) is 0 Å². The third kappa shape index (κ3) is 7.71. The highest BCUT2D eigenvalue weighted by atomic mass is 127. The molecule has 1 unspecified atom stereocenters. The number of nitrogens with one attached hydrogen (secondary N) is 1. The Morgan fingerprint density at radius 2 is 2.15 bits per heavy atom. The first kappa shape index (κ1) is 23.8. The number of para-hydroxylation sites is 1. The Balaban J connectivity index is 0.00000364. The van der Waals surface area contributed by atoms with Gasteiger partial charge in [0.1, 0.15) is 18.4 Å². The van der Waals surface area contributed by atoms with Gasteiger partial charge < -0.3 is 24.6 Å². The monoisotopic (exact) mass is 510 g/mol. The summed E-state index contributed by atoms with van der Waals surface area (Å²) in [7, 11) is 5.09. The molecule has 1 fully saturated rings. The largest absolute Gasteiger partial charge is 0.487 e. The van der Waals surface area contributed by atoms with E-state index in [9.17, 15) is 4.79 Å². The van der Waals surface area contributed by atoms with Gasteiger partial charge in [-0.15, -0.1) is 24.0 Å². The molecule has 0 bridgehead atoms. The van der Waals surface area contributed by atoms with Crippen molar-refractivity contribution in [3.05, 3.63) is 29.3 Å². The van der Waals surface area contributed by atoms with Crippen LogP contribution < -0.4 is 10.1 Å². The van der Waals surface area contributed by atoms with Crippen LogP contribution in [0.1, 0.15) is 6.42 Å². The van der Waals surface area contributed by atoms with Crippen molar-refractivity contribution in [3.63, 3.8) is 0 Å². The number of nitrogens with zero attached hydrogens (tertiary/aromatic N) is 3. The number of halogens is 2. The van der Waals surface area contributed by atoms with E-state index in [1.54, 1.807) is 21.2 Å². The Morgan fingerprint density at radius 3 is 2.81 bits per heavy atom. The zero-order valence-electron chi connectivity index (χ0n) is 16.0. The smallest absolute Gasteiger partial charge is 0.243 e. The van der Waals surface area contributed by atoms with Crippen molar-refractivity contribution in [3.8, 4) is 5.75 Å². The van der Waals surface area contributed by atoms with Gasteiger partial charge in [-0.3, -0.25) is 4.79 Å². The number of carbonyl (C=O) groups excluding carboxylic acids is 1. The number of amides is 1. The van der Waals surface area contributed by atoms with E-state index in [1.807, 2.05) is 24.3 Å². The Hall–Kier alpha value is -1.26. The van der Waals surface area contributed by atoms with Gasteiger partial charge in [0.2, 0.25) is 5.91 Å². The Kier molecular flexibility index (Phi) is 10.8. The first-order chi connectivity index (χ1) is 12.5. The van der Waals surface area contributed by atoms with Crippen molar-refractivity contribution in [1.29, 1.82) is 0 Å². The molecule has 1 aliphatic rings. The molecule has 1 atom stereocenters. The number of ether oxygens (including phenoxy) is 2. The lowest BCUT2D eigenvalue weighted by molar-refractivity contribution is -0.127. The predicted octanol–water partition coefficient (Wildman–Crippen LogP) is 2.09. The zero-order chi connectivity index (χ0) is 18.9. The summed E-state index contributed by atoms with van der Waals surface area (Å²) in [5.41, 5.74) is 0. The number of hydrogen-bond donors (Lipinski definition) is 1. The fourth-order valence-corrected chi connectivity index (χ4v) is 2.73. The van der Waals surface area contributed by atoms with Crippen LogP contribution in [0.2, 0.25) is 5.02 Å². The van der Waals surface area contributed by atoms with Gasteiger partial charge in [0.05, 0.1) is 18.2 Å². The molecule has 1 aromatic carbocycles. The topological polar surface area (TPSA) is 66.4 Å². The number of rotatable bonds is 7. The van der Waals surface area contributed by atoms with E-state index >= 15 is 0 Å². The molecular formula is C18H28ClIN4O3. The zero-order valence-corrected chi connectivity index (χ0v) is 19.1. The maximum atomic E-state index is 11.8. The molecule has 1 heterocycles. The third-order valence-corrected chi connectivity index (χ3v) is 4.34. The normalized spacial score (nSPS) is 16.7. The molecular weight excluding hydrogens is 483 g/mol. The maximum Gasteiger partial charge on any atom is 0.243 e. The number of carbonyl (C=O) groups is 1. The molecule has 0 aliphatic carbocycles. The standard InChI is InChI=1S/C18H27ClN4O3.HI/c1-22(2)17(24)12-21-18(20-9-11-25-3)23-10-8-14(13-23)26-16-7-5-4-6-15(16)19;/h4-7,14H,8-13H2,1-3H3,(H,20,21);1H. The van der Waals surface area contributed by atoms with E-state index in [2.05, 4.69) is 15.2 Å². The van der Waals surface area contributed by atoms with Gasteiger partial charge >= 0.3 is 0 Å². The second-order valence-corrected chi connectivity index (χ2v) is 6.66. The van der Waals surface area contributed by atoms with Crippen molar-refractivity contribution in [1.82, 2.24) is 15.1 Å². The molecule has 7 nitrogen and oxygen atoms in total. The van der Waals surface area contributed by atoms with Crippen LogP contribution in [0.4, 0.5) is 0 Å². The van der Waals surface area contributed by atoms with Gasteiger partial charge in [-0.25, -0.2) is 4.99 Å². The highest BCUT2D eigenvalue weighted by Gasteiger charge is 2.27. The fraction of sp³-hybridized carbons (Fsp3) is 0.556. The minimum Gasteiger partial charge on any atom is -0.487 e. The second kappa shape index (κ2) is 12.2. The van der Waals surface area contributed by atoms with Crippen molar-refractivity contribution in [2.24, 2.45) is 4.99 Å². The van der Waals surface area contributed by atoms with E-state index in [0.29, 0.717) is 36.4 Å². The molecule has 1 aromatic rings. The molecule has 27 heavy (non-hydrogen) atoms. The SMILES string of the molecule is COCCNC(=NCC(=O)N(C)C)N1CCC(Oc2ccccc2Cl)C1.I. The van der Waals surface area contributed by atoms with Gasteiger partial charge in [0.25, 0.3) is 0 Å². The van der Waals surface area contributed by atoms with E-state index < -0.39 is 0 Å². The number of benzene rings is 1. The van der Waals surface area contributed by atoms with Gasteiger partial charge in [-0.1, -0.05) is 23.7 Å². The van der Waals surface area contributed by atoms with Gasteiger partial charge in [-0.05, 0) is 12.1 Å². The molecule has 0 aromatic heterocycles. The van der Waals surface area contributed by atoms with Crippen LogP contribution in [-0.2, 0) is 9.53 Å². The number of likely N-dealkylation sites (N-methyl/N-ethyl adjacent to an activating group) is 1. The molecule has 1 N–H and O–H groups in total. The average Bonchev–Trinajstić information content (AvgIpc) is 3.08. The number of guanidine groups is 1. The molecule has 1 saturated heterocycles. The lowest BCUT2D eigenvalue weighted by atomic mass is 10.3. The lowest BCUT2D eigenvalue weighted by Crippen LogP contribution is -2.43. The van der Waals surface area contributed by atoms with E-state index in [-0.39, 0.29) is 42.5 Å². The van der Waals surface area contributed by atoms with Crippen LogP contribution in [-0.4, -0.2) is 81.8 Å². The fourth-order valence-electron chi connectivity index (χ4n) is 2.55. The molecule has 0 saturated carbocycles. The summed E-state index contributed by atoms with van der Waals surface area (Å²) >= 11 is 6.17. The molecule has 1 aliphatic heterocycles. The van der Waals surface area contributed by atoms with Crippen molar-refractivity contribution >= 4 is 47.4 Å². The van der Waals surface area contributed by atoms with Gasteiger partial charge in [-0.2, -0.15) is 0 Å². The van der Waals surface area contributed by atoms with Crippen molar-refractivity contribution in [2.45, 2.75) is 12.5 Å². The lowest BCUT2D eigenvalue weighted by Gasteiger charge is -2.22. The highest BCUT2D eigenvalue weighted by molar-refractivity contribution is 14.0. The van der Waals surface area contributed by atoms with Gasteiger partial charge in [0.15, 0.2) is 5.96 Å². The highest BCUT2D eigenvalue weighted by Crippen LogP contribution is 2.26. The summed E-state index contributed by atoms with van der Waals surface area (Å²) in [6, 6.07) is 7.46. The Morgan fingerprint density at radius 1 is 1.41 bits per heavy atom. The van der Waals surface area contributed by atoms with Crippen LogP contribution in [0.25, 0.3) is 0 Å². The summed E-state index contributed by atoms with van der Waals surface area (Å²) in [5.74, 6) is 1.34. The van der Waals surface area contributed by atoms with Crippen LogP contribution in [0, 0.1) is 0 Å². The molecule has 9 heteroatoms. The average molecular weight is 511 g/mol. The Bertz CT molecular complexity index is 630. The third-order valence-electron chi connectivity index (χ3n) is 4.03. The summed E-state index contributed by atoms with van der Waals surface area (Å²) in [6.07, 6.45) is 0.881. The molecule has 0 spiro atoms. The summed E-state index contributed by atoms with van der Waals surface area (Å²) in [6.45, 7) is 2.77. The quantitative estimate of drug-likeness (QED) is 0.263. The van der Waals surface area contributed by atoms with Crippen LogP contribution in [0.15, 0.2) is 29.3 Å². The van der Waals surface area contributed by atoms with Crippen LogP contribution >= 0.6 is 35.6 Å². The van der Waals surface area contributed by atoms with E-state index in [1.165, 1.54) is 4.90 Å². The summed E-state index contributed by atoms with van der Waals surface area (Å²) < 4.78 is 11.1. The first-order valence-corrected chi connectivity index (χ1v) is 9.02. The van der Waals surface area contributed by atoms with E-state index in [0.717, 1.165) is 13.0 Å². The number of likely N-dealkylation sites (tertiary alicyclic amines) is 1. The minimum absolute atomic E-state index is 0. The molecule has 2 rings (SSSR count). The van der Waals surface area contributed by atoms with Gasteiger partial charge in [0, 0.05) is 40.7 Å². The first-order valence-electron chi connectivity index (χ1n) is 8.64. The Labute approximate surface area is 183 Å². The van der Waals surface area contributed by atoms with Crippen molar-refractivity contribution < 1.29 is 14.3 Å². The predicted molar refractivity (Wildman–Crippen MR) is 118 cm³/mol. The second-order valence-electron chi connectivity index (χ2n) is 6.25. The maximum absolute atomic E-state index is 11.8. The molecule has 1 amide bonds. The summed E-state index contributed by atoms with van der Waals surface area (Å²) in [5, 5.41) is 3.86. The van der Waals surface area contributed by atoms with Crippen LogP contribution in [0.5, 0.6) is 5.75 Å². The number of aliphatic imine (C=N–C) groups is 1. The number of methoxy groups -OCH3 is 1. The van der Waals surface area contributed by atoms with E-state index in [4.69, 9.17) is 21.1 Å². The summed E-state index contributed by atoms with van der Waals surface area (Å²) in [4.78, 5) is 19.9. The van der Waals surface area contributed by atoms with Crippen molar-refractivity contribution in [2.75, 3.05) is 54.0 Å². The molecule has 0 radical (unpaired) electrons. The molecule has 152 valence electrons. The minimum atomic E-state index is -0.0425. The number of hydrogen-bond acceptors (Lipinski definition) is 4.